The van der Waals surface area contributed by atoms with Gasteiger partial charge < -0.3 is 0 Å². The molecule has 0 saturated carbocycles. The van der Waals surface area contributed by atoms with E-state index in [0.717, 1.165) is 0 Å². The zero-order valence-corrected chi connectivity index (χ0v) is 16.1. The molecule has 0 aromatic rings. The summed E-state index contributed by atoms with van der Waals surface area (Å²) in [5.74, 6) is 0. The predicted molar refractivity (Wildman–Crippen MR) is 101 cm³/mol. The van der Waals surface area contributed by atoms with Crippen molar-refractivity contribution in [3.8, 4) is 0 Å². The standard InChI is InChI=1S/C19H43P/c1-5-9-11-12-13-15-19-20(16-7-3,17-8-4)18-14-10-6-2/h20H,5-19H2,1-4H3. The van der Waals surface area contributed by atoms with Crippen LogP contribution in [0.25, 0.3) is 0 Å². The SMILES string of the molecule is CCCCCCCC[PH](CCC)(CCC)CCCCC. The van der Waals surface area contributed by atoms with E-state index in [1.807, 2.05) is 0 Å². The van der Waals surface area contributed by atoms with E-state index in [2.05, 4.69) is 27.7 Å². The van der Waals surface area contributed by atoms with Gasteiger partial charge >= 0.3 is 130 Å². The summed E-state index contributed by atoms with van der Waals surface area (Å²) in [6.45, 7) is 9.49. The van der Waals surface area contributed by atoms with Crippen LogP contribution in [0.5, 0.6) is 0 Å². The molecule has 0 aromatic heterocycles. The van der Waals surface area contributed by atoms with Gasteiger partial charge in [-0.15, -0.1) is 0 Å². The molecule has 0 unspecified atom stereocenters. The van der Waals surface area contributed by atoms with E-state index < -0.39 is 7.26 Å². The third-order valence-corrected chi connectivity index (χ3v) is 10.9. The Balaban J connectivity index is 4.12. The Morgan fingerprint density at radius 3 is 1.30 bits per heavy atom. The molecule has 1 heteroatoms. The van der Waals surface area contributed by atoms with Gasteiger partial charge in [-0.3, -0.25) is 0 Å². The fourth-order valence-corrected chi connectivity index (χ4v) is 9.46. The number of hydrogen-bond donors (Lipinski definition) is 0. The summed E-state index contributed by atoms with van der Waals surface area (Å²) in [6.07, 6.45) is 22.6. The van der Waals surface area contributed by atoms with Crippen molar-refractivity contribution < 1.29 is 0 Å². The van der Waals surface area contributed by atoms with Gasteiger partial charge in [-0.2, -0.15) is 0 Å². The predicted octanol–water partition coefficient (Wildman–Crippen LogP) is 7.11. The van der Waals surface area contributed by atoms with Crippen molar-refractivity contribution in [2.75, 3.05) is 24.6 Å². The first-order chi connectivity index (χ1) is 9.74. The Morgan fingerprint density at radius 1 is 0.400 bits per heavy atom. The van der Waals surface area contributed by atoms with Crippen LogP contribution in [0.3, 0.4) is 0 Å². The summed E-state index contributed by atoms with van der Waals surface area (Å²) in [6, 6.07) is 0. The summed E-state index contributed by atoms with van der Waals surface area (Å²) >= 11 is 0. The van der Waals surface area contributed by atoms with Crippen LogP contribution < -0.4 is 0 Å². The Labute approximate surface area is 130 Å². The molecule has 20 heavy (non-hydrogen) atoms. The number of unbranched alkanes of at least 4 members (excludes halogenated alkanes) is 7. The first-order valence-electron chi connectivity index (χ1n) is 9.74. The average molecular weight is 303 g/mol. The summed E-state index contributed by atoms with van der Waals surface area (Å²) < 4.78 is 0. The first-order valence-corrected chi connectivity index (χ1v) is 12.6. The summed E-state index contributed by atoms with van der Waals surface area (Å²) in [5.41, 5.74) is 0. The second kappa shape index (κ2) is 14.4. The Hall–Kier alpha value is 0.430. The van der Waals surface area contributed by atoms with Crippen LogP contribution in [0, 0.1) is 0 Å². The molecule has 0 saturated heterocycles. The normalized spacial score (nSPS) is 12.8. The molecule has 0 aromatic carbocycles. The quantitative estimate of drug-likeness (QED) is 0.223. The van der Waals surface area contributed by atoms with Gasteiger partial charge in [0.15, 0.2) is 0 Å². The van der Waals surface area contributed by atoms with E-state index in [-0.39, 0.29) is 0 Å². The molecule has 0 aliphatic carbocycles. The number of hydrogen-bond acceptors (Lipinski definition) is 0. The molecule has 0 atom stereocenters. The molecule has 0 radical (unpaired) electrons. The van der Waals surface area contributed by atoms with Gasteiger partial charge in [0.2, 0.25) is 0 Å². The Bertz CT molecular complexity index is 182. The van der Waals surface area contributed by atoms with Crippen LogP contribution >= 0.6 is 7.26 Å². The van der Waals surface area contributed by atoms with Gasteiger partial charge in [0.25, 0.3) is 0 Å². The van der Waals surface area contributed by atoms with E-state index in [1.54, 1.807) is 31.1 Å². The van der Waals surface area contributed by atoms with Gasteiger partial charge in [0.05, 0.1) is 0 Å². The molecule has 0 bridgehead atoms. The topological polar surface area (TPSA) is 0 Å². The van der Waals surface area contributed by atoms with Crippen LogP contribution in [0.4, 0.5) is 0 Å². The van der Waals surface area contributed by atoms with Gasteiger partial charge in [0.1, 0.15) is 0 Å². The third kappa shape index (κ3) is 10.2. The Kier molecular flexibility index (Phi) is 14.7. The Morgan fingerprint density at radius 2 is 0.800 bits per heavy atom. The minimum absolute atomic E-state index is 0.901. The van der Waals surface area contributed by atoms with Crippen molar-refractivity contribution in [2.24, 2.45) is 0 Å². The van der Waals surface area contributed by atoms with Crippen molar-refractivity contribution in [1.82, 2.24) is 0 Å². The second-order valence-electron chi connectivity index (χ2n) is 6.97. The summed E-state index contributed by atoms with van der Waals surface area (Å²) in [4.78, 5) is 0. The summed E-state index contributed by atoms with van der Waals surface area (Å²) in [5, 5.41) is 0. The van der Waals surface area contributed by atoms with Gasteiger partial charge in [0, 0.05) is 0 Å². The van der Waals surface area contributed by atoms with Crippen LogP contribution in [0.15, 0.2) is 0 Å². The zero-order chi connectivity index (χ0) is 15.1. The molecule has 0 amide bonds. The molecule has 0 fully saturated rings. The van der Waals surface area contributed by atoms with Crippen LogP contribution in [-0.4, -0.2) is 24.6 Å². The molecular formula is C19H43P. The van der Waals surface area contributed by atoms with Crippen molar-refractivity contribution >= 4 is 7.26 Å². The van der Waals surface area contributed by atoms with E-state index in [1.165, 1.54) is 64.2 Å². The zero-order valence-electron chi connectivity index (χ0n) is 15.1. The van der Waals surface area contributed by atoms with E-state index in [0.29, 0.717) is 0 Å². The molecule has 0 aliphatic rings. The molecule has 0 N–H and O–H groups in total. The van der Waals surface area contributed by atoms with E-state index >= 15 is 0 Å². The third-order valence-electron chi connectivity index (χ3n) is 4.93. The van der Waals surface area contributed by atoms with Crippen LogP contribution in [0.1, 0.15) is 98.3 Å². The van der Waals surface area contributed by atoms with Crippen molar-refractivity contribution in [3.05, 3.63) is 0 Å². The minimum atomic E-state index is -0.901. The van der Waals surface area contributed by atoms with E-state index in [4.69, 9.17) is 0 Å². The van der Waals surface area contributed by atoms with Crippen LogP contribution in [-0.2, 0) is 0 Å². The van der Waals surface area contributed by atoms with Crippen molar-refractivity contribution in [2.45, 2.75) is 98.3 Å². The summed E-state index contributed by atoms with van der Waals surface area (Å²) in [7, 11) is -0.901. The maximum absolute atomic E-state index is 2.42. The molecule has 0 nitrogen and oxygen atoms in total. The fraction of sp³-hybridized carbons (Fsp3) is 1.00. The molecule has 0 spiro atoms. The van der Waals surface area contributed by atoms with Gasteiger partial charge in [-0.05, 0) is 0 Å². The molecule has 0 heterocycles. The molecule has 0 aliphatic heterocycles. The van der Waals surface area contributed by atoms with Crippen LogP contribution in [0.2, 0.25) is 0 Å². The van der Waals surface area contributed by atoms with Gasteiger partial charge in [-0.1, -0.05) is 0 Å². The first kappa shape index (κ1) is 20.4. The maximum atomic E-state index is 2.42. The van der Waals surface area contributed by atoms with Gasteiger partial charge in [-0.25, -0.2) is 0 Å². The van der Waals surface area contributed by atoms with Crippen molar-refractivity contribution in [3.63, 3.8) is 0 Å². The van der Waals surface area contributed by atoms with Crippen molar-refractivity contribution in [1.29, 1.82) is 0 Å². The monoisotopic (exact) mass is 302 g/mol. The molecule has 124 valence electrons. The number of rotatable bonds is 15. The fourth-order valence-electron chi connectivity index (χ4n) is 3.84. The molecule has 0 rings (SSSR count). The van der Waals surface area contributed by atoms with E-state index in [9.17, 15) is 0 Å². The molecular weight excluding hydrogens is 259 g/mol. The second-order valence-corrected chi connectivity index (χ2v) is 12.0. The average Bonchev–Trinajstić information content (AvgIpc) is 2.44.